The molecule has 0 saturated carbocycles. The van der Waals surface area contributed by atoms with E-state index in [1.165, 1.54) is 6.08 Å². The first-order valence-electron chi connectivity index (χ1n) is 10.5. The van der Waals surface area contributed by atoms with E-state index in [1.807, 2.05) is 25.2 Å². The van der Waals surface area contributed by atoms with Gasteiger partial charge in [0.1, 0.15) is 0 Å². The Hall–Kier alpha value is -2.70. The summed E-state index contributed by atoms with van der Waals surface area (Å²) in [6.07, 6.45) is 5.38. The van der Waals surface area contributed by atoms with Gasteiger partial charge in [-0.3, -0.25) is 14.0 Å². The second kappa shape index (κ2) is 10.1. The van der Waals surface area contributed by atoms with Crippen LogP contribution in [0.1, 0.15) is 37.8 Å². The smallest absolute Gasteiger partial charge is 0.324 e. The van der Waals surface area contributed by atoms with Crippen LogP contribution in [0.5, 0.6) is 0 Å². The highest BCUT2D eigenvalue weighted by Crippen LogP contribution is 2.60. The van der Waals surface area contributed by atoms with Crippen molar-refractivity contribution >= 4 is 36.9 Å². The van der Waals surface area contributed by atoms with Gasteiger partial charge >= 0.3 is 7.60 Å². The quantitative estimate of drug-likeness (QED) is 0.284. The van der Waals surface area contributed by atoms with Crippen LogP contribution in [0.3, 0.4) is 0 Å². The second-order valence-corrected chi connectivity index (χ2v) is 10.1. The summed E-state index contributed by atoms with van der Waals surface area (Å²) in [5.74, 6) is -0.337. The Morgan fingerprint density at radius 2 is 1.85 bits per heavy atom. The Morgan fingerprint density at radius 3 is 2.42 bits per heavy atom. The minimum Gasteiger partial charge on any atom is -0.324 e. The number of aromatic nitrogens is 2. The van der Waals surface area contributed by atoms with Gasteiger partial charge in [0.2, 0.25) is 5.91 Å². The number of carbonyl (C=O) groups excluding carboxylic acids is 1. The molecular weight excluding hydrogens is 461 g/mol. The fraction of sp³-hybridized carbons (Fsp3) is 0.250. The number of hydrogen-bond acceptors (Lipinski definition) is 3. The van der Waals surface area contributed by atoms with Gasteiger partial charge in [0.05, 0.1) is 17.0 Å². The highest BCUT2D eigenvalue weighted by atomic mass is 35.5. The molecule has 1 amide bonds. The summed E-state index contributed by atoms with van der Waals surface area (Å²) in [6.45, 7) is 3.53. The van der Waals surface area contributed by atoms with E-state index < -0.39 is 12.8 Å². The molecule has 3 N–H and O–H groups in total. The predicted octanol–water partition coefficient (Wildman–Crippen LogP) is 5.59. The molecule has 3 rings (SSSR count). The molecule has 0 aliphatic rings. The van der Waals surface area contributed by atoms with Gasteiger partial charge < -0.3 is 15.1 Å². The fourth-order valence-electron chi connectivity index (χ4n) is 4.02. The van der Waals surface area contributed by atoms with E-state index >= 15 is 0 Å². The van der Waals surface area contributed by atoms with Gasteiger partial charge in [0.25, 0.3) is 0 Å². The first kappa shape index (κ1) is 24.9. The number of aryl methyl sites for hydroxylation is 1. The van der Waals surface area contributed by atoms with Crippen molar-refractivity contribution in [1.82, 2.24) is 9.78 Å². The Kier molecular flexibility index (Phi) is 7.60. The van der Waals surface area contributed by atoms with Gasteiger partial charge in [-0.1, -0.05) is 49.7 Å². The Labute approximate surface area is 198 Å². The molecule has 0 unspecified atom stereocenters. The van der Waals surface area contributed by atoms with Gasteiger partial charge in [-0.2, -0.15) is 5.10 Å². The number of rotatable bonds is 8. The van der Waals surface area contributed by atoms with E-state index in [0.717, 1.165) is 16.8 Å². The van der Waals surface area contributed by atoms with Crippen molar-refractivity contribution in [3.05, 3.63) is 77.0 Å². The molecule has 174 valence electrons. The van der Waals surface area contributed by atoms with Crippen molar-refractivity contribution in [3.63, 3.8) is 0 Å². The maximum atomic E-state index is 12.5. The zero-order valence-electron chi connectivity index (χ0n) is 18.7. The molecule has 1 aromatic heterocycles. The van der Waals surface area contributed by atoms with Crippen molar-refractivity contribution in [2.45, 2.75) is 31.8 Å². The van der Waals surface area contributed by atoms with Gasteiger partial charge in [-0.25, -0.2) is 0 Å². The summed E-state index contributed by atoms with van der Waals surface area (Å²) < 4.78 is 13.9. The van der Waals surface area contributed by atoms with Crippen LogP contribution in [0.15, 0.2) is 60.8 Å². The second-order valence-electron chi connectivity index (χ2n) is 7.77. The third kappa shape index (κ3) is 5.28. The summed E-state index contributed by atoms with van der Waals surface area (Å²) in [5, 5.41) is 6.43. The summed E-state index contributed by atoms with van der Waals surface area (Å²) in [6, 6.07) is 14.0. The summed E-state index contributed by atoms with van der Waals surface area (Å²) >= 11 is 6.11. The van der Waals surface area contributed by atoms with Crippen molar-refractivity contribution in [2.75, 3.05) is 5.32 Å². The fourth-order valence-corrected chi connectivity index (χ4v) is 5.52. The van der Waals surface area contributed by atoms with Crippen LogP contribution in [0, 0.1) is 0 Å². The number of benzene rings is 2. The summed E-state index contributed by atoms with van der Waals surface area (Å²) in [5.41, 5.74) is 3.57. The van der Waals surface area contributed by atoms with Crippen molar-refractivity contribution in [2.24, 2.45) is 7.05 Å². The van der Waals surface area contributed by atoms with Crippen molar-refractivity contribution in [3.8, 4) is 11.3 Å². The van der Waals surface area contributed by atoms with E-state index in [9.17, 15) is 19.1 Å². The van der Waals surface area contributed by atoms with Gasteiger partial charge in [-0.05, 0) is 48.7 Å². The van der Waals surface area contributed by atoms with E-state index in [1.54, 1.807) is 61.1 Å². The Balaban J connectivity index is 1.77. The molecule has 0 aliphatic carbocycles. The summed E-state index contributed by atoms with van der Waals surface area (Å²) in [7, 11) is -2.54. The minimum atomic E-state index is -4.36. The lowest BCUT2D eigenvalue weighted by Crippen LogP contribution is -2.24. The average Bonchev–Trinajstić information content (AvgIpc) is 3.14. The van der Waals surface area contributed by atoms with E-state index in [-0.39, 0.29) is 5.91 Å². The topological polar surface area (TPSA) is 104 Å². The maximum Gasteiger partial charge on any atom is 0.335 e. The third-order valence-electron chi connectivity index (χ3n) is 5.90. The van der Waals surface area contributed by atoms with Gasteiger partial charge in [0.15, 0.2) is 0 Å². The highest BCUT2D eigenvalue weighted by molar-refractivity contribution is 7.53. The van der Waals surface area contributed by atoms with E-state index in [2.05, 4.69) is 10.4 Å². The molecule has 2 aromatic carbocycles. The molecule has 3 aromatic rings. The largest absolute Gasteiger partial charge is 0.335 e. The number of halogens is 1. The number of anilines is 1. The molecular formula is C24H27ClN3O4P. The molecule has 0 bridgehead atoms. The summed E-state index contributed by atoms with van der Waals surface area (Å²) in [4.78, 5) is 32.3. The molecule has 0 fully saturated rings. The van der Waals surface area contributed by atoms with E-state index in [4.69, 9.17) is 11.6 Å². The standard InChI is InChI=1S/C24H27ClN3O4P/c1-4-24(5-2,33(30,31)32)19-10-12-21(13-11-19)27-22(29)14-9-18-16-26-28(3)23(18)17-7-6-8-20(25)15-17/h6-16H,4-5H2,1-3H3,(H,27,29)(H2,30,31,32)/b14-9+. The van der Waals surface area contributed by atoms with Gasteiger partial charge in [-0.15, -0.1) is 0 Å². The molecule has 0 spiro atoms. The zero-order chi connectivity index (χ0) is 24.2. The maximum absolute atomic E-state index is 12.5. The highest BCUT2D eigenvalue weighted by Gasteiger charge is 2.45. The Bertz CT molecular complexity index is 1210. The lowest BCUT2D eigenvalue weighted by molar-refractivity contribution is -0.111. The molecule has 7 nitrogen and oxygen atoms in total. The van der Waals surface area contributed by atoms with Crippen LogP contribution in [0.25, 0.3) is 17.3 Å². The number of nitrogens with zero attached hydrogens (tertiary/aromatic N) is 2. The monoisotopic (exact) mass is 487 g/mol. The van der Waals surface area contributed by atoms with Crippen molar-refractivity contribution in [1.29, 1.82) is 0 Å². The molecule has 33 heavy (non-hydrogen) atoms. The number of hydrogen-bond donors (Lipinski definition) is 3. The third-order valence-corrected chi connectivity index (χ3v) is 8.14. The van der Waals surface area contributed by atoms with Crippen LogP contribution in [0.4, 0.5) is 5.69 Å². The number of nitrogens with one attached hydrogen (secondary N) is 1. The van der Waals surface area contributed by atoms with Crippen molar-refractivity contribution < 1.29 is 19.1 Å². The minimum absolute atomic E-state index is 0.308. The lowest BCUT2D eigenvalue weighted by atomic mass is 9.92. The number of carbonyl (C=O) groups is 1. The average molecular weight is 488 g/mol. The van der Waals surface area contributed by atoms with Gasteiger partial charge in [0, 0.05) is 35.0 Å². The molecule has 0 atom stereocenters. The lowest BCUT2D eigenvalue weighted by Gasteiger charge is -2.33. The van der Waals surface area contributed by atoms with Crippen LogP contribution in [-0.4, -0.2) is 25.5 Å². The Morgan fingerprint density at radius 1 is 1.18 bits per heavy atom. The first-order chi connectivity index (χ1) is 15.6. The van der Waals surface area contributed by atoms with E-state index in [0.29, 0.717) is 29.1 Å². The molecule has 0 radical (unpaired) electrons. The zero-order valence-corrected chi connectivity index (χ0v) is 20.3. The van der Waals surface area contributed by atoms with Crippen LogP contribution >= 0.6 is 19.2 Å². The predicted molar refractivity (Wildman–Crippen MR) is 132 cm³/mol. The molecule has 9 heteroatoms. The van der Waals surface area contributed by atoms with Crippen LogP contribution in [0.2, 0.25) is 5.02 Å². The molecule has 1 heterocycles. The first-order valence-corrected chi connectivity index (χ1v) is 12.5. The van der Waals surface area contributed by atoms with Crippen LogP contribution < -0.4 is 5.32 Å². The molecule has 0 saturated heterocycles. The van der Waals surface area contributed by atoms with Crippen LogP contribution in [-0.2, 0) is 21.6 Å². The molecule has 0 aliphatic heterocycles. The SMILES string of the molecule is CCC(CC)(c1ccc(NC(=O)/C=C/c2cnn(C)c2-c2cccc(Cl)c2)cc1)P(=O)(O)O. The normalized spacial score (nSPS) is 12.3. The number of amides is 1.